The Balaban J connectivity index is 2.01. The van der Waals surface area contributed by atoms with E-state index in [4.69, 9.17) is 11.6 Å². The second-order valence-electron chi connectivity index (χ2n) is 4.64. The van der Waals surface area contributed by atoms with Crippen LogP contribution in [0.3, 0.4) is 0 Å². The van der Waals surface area contributed by atoms with Crippen molar-refractivity contribution in [2.45, 2.75) is 26.1 Å². The molecule has 2 rings (SSSR count). The Morgan fingerprint density at radius 2 is 1.76 bits per heavy atom. The van der Waals surface area contributed by atoms with Crippen LogP contribution in [0, 0.1) is 0 Å². The minimum absolute atomic E-state index is 0.0712. The number of ether oxygens (including phenoxy) is 1. The van der Waals surface area contributed by atoms with Gasteiger partial charge in [0.05, 0.1) is 0 Å². The summed E-state index contributed by atoms with van der Waals surface area (Å²) in [5.41, 5.74) is 1.77. The van der Waals surface area contributed by atoms with Gasteiger partial charge >= 0.3 is 6.61 Å². The third kappa shape index (κ3) is 4.69. The zero-order valence-electron chi connectivity index (χ0n) is 11.5. The molecule has 0 aliphatic carbocycles. The Morgan fingerprint density at radius 1 is 1.10 bits per heavy atom. The summed E-state index contributed by atoms with van der Waals surface area (Å²) in [5.74, 6) is 0.198. The zero-order chi connectivity index (χ0) is 15.2. The van der Waals surface area contributed by atoms with E-state index in [9.17, 15) is 8.78 Å². The summed E-state index contributed by atoms with van der Waals surface area (Å²) < 4.78 is 29.2. The van der Waals surface area contributed by atoms with Crippen LogP contribution in [-0.2, 0) is 6.54 Å². The Hall–Kier alpha value is -1.65. The van der Waals surface area contributed by atoms with E-state index in [2.05, 4.69) is 10.1 Å². The maximum Gasteiger partial charge on any atom is 0.387 e. The summed E-state index contributed by atoms with van der Waals surface area (Å²) in [5, 5.41) is 3.96. The predicted octanol–water partition coefficient (Wildman–Crippen LogP) is 4.79. The molecule has 2 nitrogen and oxygen atoms in total. The first-order chi connectivity index (χ1) is 10.1. The van der Waals surface area contributed by atoms with E-state index in [1.807, 2.05) is 31.2 Å². The molecule has 0 aliphatic rings. The average Bonchev–Trinajstić information content (AvgIpc) is 2.46. The number of halogens is 3. The minimum atomic E-state index is -2.82. The molecule has 0 saturated carbocycles. The Labute approximate surface area is 127 Å². The molecule has 0 bridgehead atoms. The van der Waals surface area contributed by atoms with Crippen LogP contribution in [0.4, 0.5) is 8.78 Å². The molecule has 0 spiro atoms. The molecule has 21 heavy (non-hydrogen) atoms. The highest BCUT2D eigenvalue weighted by atomic mass is 35.5. The Kier molecular flexibility index (Phi) is 5.53. The fraction of sp³-hybridized carbons (Fsp3) is 0.250. The van der Waals surface area contributed by atoms with Gasteiger partial charge in [0.2, 0.25) is 0 Å². The van der Waals surface area contributed by atoms with Gasteiger partial charge in [-0.3, -0.25) is 0 Å². The van der Waals surface area contributed by atoms with Gasteiger partial charge in [0.25, 0.3) is 0 Å². The lowest BCUT2D eigenvalue weighted by molar-refractivity contribution is -0.0505. The summed E-state index contributed by atoms with van der Waals surface area (Å²) in [7, 11) is 0. The van der Waals surface area contributed by atoms with Crippen LogP contribution in [0.5, 0.6) is 5.75 Å². The smallest absolute Gasteiger partial charge is 0.387 e. The van der Waals surface area contributed by atoms with Crippen molar-refractivity contribution in [3.05, 3.63) is 64.7 Å². The van der Waals surface area contributed by atoms with Crippen molar-refractivity contribution in [2.75, 3.05) is 0 Å². The van der Waals surface area contributed by atoms with Crippen LogP contribution >= 0.6 is 11.6 Å². The van der Waals surface area contributed by atoms with Gasteiger partial charge in [-0.05, 0) is 30.7 Å². The molecule has 2 aromatic carbocycles. The van der Waals surface area contributed by atoms with E-state index < -0.39 is 6.61 Å². The van der Waals surface area contributed by atoms with Crippen molar-refractivity contribution < 1.29 is 13.5 Å². The molecule has 0 aromatic heterocycles. The maximum absolute atomic E-state index is 12.3. The van der Waals surface area contributed by atoms with Gasteiger partial charge in [-0.2, -0.15) is 8.78 Å². The lowest BCUT2D eigenvalue weighted by atomic mass is 10.1. The molecule has 0 radical (unpaired) electrons. The van der Waals surface area contributed by atoms with Crippen LogP contribution in [0.15, 0.2) is 48.5 Å². The van der Waals surface area contributed by atoms with Crippen LogP contribution in [0.2, 0.25) is 5.02 Å². The van der Waals surface area contributed by atoms with Crippen molar-refractivity contribution >= 4 is 11.6 Å². The van der Waals surface area contributed by atoms with Crippen molar-refractivity contribution in [2.24, 2.45) is 0 Å². The van der Waals surface area contributed by atoms with Crippen LogP contribution < -0.4 is 10.1 Å². The summed E-state index contributed by atoms with van der Waals surface area (Å²) in [6.45, 7) is -0.383. The van der Waals surface area contributed by atoms with E-state index >= 15 is 0 Å². The van der Waals surface area contributed by atoms with E-state index in [0.29, 0.717) is 17.1 Å². The number of hydrogen-bond donors (Lipinski definition) is 1. The molecule has 0 saturated heterocycles. The number of para-hydroxylation sites is 1. The fourth-order valence-electron chi connectivity index (χ4n) is 1.99. The van der Waals surface area contributed by atoms with Gasteiger partial charge in [-0.25, -0.2) is 0 Å². The Morgan fingerprint density at radius 3 is 2.43 bits per heavy atom. The molecule has 2 aromatic rings. The molecule has 1 N–H and O–H groups in total. The predicted molar refractivity (Wildman–Crippen MR) is 79.8 cm³/mol. The topological polar surface area (TPSA) is 21.3 Å². The summed E-state index contributed by atoms with van der Waals surface area (Å²) >= 11 is 5.85. The summed E-state index contributed by atoms with van der Waals surface area (Å²) in [4.78, 5) is 0. The van der Waals surface area contributed by atoms with Crippen molar-refractivity contribution in [1.82, 2.24) is 5.32 Å². The van der Waals surface area contributed by atoms with Crippen molar-refractivity contribution in [1.29, 1.82) is 0 Å². The van der Waals surface area contributed by atoms with Crippen molar-refractivity contribution in [3.8, 4) is 5.75 Å². The second-order valence-corrected chi connectivity index (χ2v) is 5.08. The molecule has 0 unspecified atom stereocenters. The first kappa shape index (κ1) is 15.7. The highest BCUT2D eigenvalue weighted by Crippen LogP contribution is 2.22. The van der Waals surface area contributed by atoms with Crippen LogP contribution in [0.25, 0.3) is 0 Å². The minimum Gasteiger partial charge on any atom is -0.434 e. The Bertz CT molecular complexity index is 575. The molecule has 0 fully saturated rings. The van der Waals surface area contributed by atoms with E-state index in [1.165, 1.54) is 6.07 Å². The van der Waals surface area contributed by atoms with Gasteiger partial charge < -0.3 is 10.1 Å². The normalized spacial score (nSPS) is 12.4. The first-order valence-electron chi connectivity index (χ1n) is 6.58. The molecule has 1 atom stereocenters. The lowest BCUT2D eigenvalue weighted by Crippen LogP contribution is -2.19. The average molecular weight is 312 g/mol. The first-order valence-corrected chi connectivity index (χ1v) is 6.95. The fourth-order valence-corrected chi connectivity index (χ4v) is 2.12. The molecule has 0 heterocycles. The standard InChI is InChI=1S/C16H16ClF2NO/c1-11(12-6-8-14(17)9-7-12)20-10-13-4-2-3-5-15(13)21-16(18)19/h2-9,11,16,20H,10H2,1H3/t11-/m1/s1. The van der Waals surface area contributed by atoms with Gasteiger partial charge in [0.15, 0.2) is 0 Å². The third-order valence-electron chi connectivity index (χ3n) is 3.16. The SMILES string of the molecule is C[C@@H](NCc1ccccc1OC(F)F)c1ccc(Cl)cc1. The molecular weight excluding hydrogens is 296 g/mol. The van der Waals surface area contributed by atoms with Gasteiger partial charge in [-0.1, -0.05) is 41.9 Å². The second kappa shape index (κ2) is 7.38. The molecule has 0 amide bonds. The third-order valence-corrected chi connectivity index (χ3v) is 3.41. The van der Waals surface area contributed by atoms with Crippen LogP contribution in [0.1, 0.15) is 24.1 Å². The molecular formula is C16H16ClF2NO. The summed E-state index contributed by atoms with van der Waals surface area (Å²) in [6, 6.07) is 14.3. The van der Waals surface area contributed by atoms with E-state index in [-0.39, 0.29) is 11.8 Å². The number of hydrogen-bond acceptors (Lipinski definition) is 2. The largest absolute Gasteiger partial charge is 0.434 e. The molecule has 112 valence electrons. The number of alkyl halides is 2. The quantitative estimate of drug-likeness (QED) is 0.828. The number of rotatable bonds is 6. The monoisotopic (exact) mass is 311 g/mol. The van der Waals surface area contributed by atoms with Crippen molar-refractivity contribution in [3.63, 3.8) is 0 Å². The summed E-state index contributed by atoms with van der Waals surface area (Å²) in [6.07, 6.45) is 0. The van der Waals surface area contributed by atoms with E-state index in [0.717, 1.165) is 5.56 Å². The van der Waals surface area contributed by atoms with E-state index in [1.54, 1.807) is 18.2 Å². The highest BCUT2D eigenvalue weighted by Gasteiger charge is 2.10. The maximum atomic E-state index is 12.3. The molecule has 0 aliphatic heterocycles. The van der Waals surface area contributed by atoms with Gasteiger partial charge in [0, 0.05) is 23.2 Å². The van der Waals surface area contributed by atoms with Crippen LogP contribution in [-0.4, -0.2) is 6.61 Å². The number of benzene rings is 2. The zero-order valence-corrected chi connectivity index (χ0v) is 12.3. The number of nitrogens with one attached hydrogen (secondary N) is 1. The van der Waals surface area contributed by atoms with Gasteiger partial charge in [0.1, 0.15) is 5.75 Å². The highest BCUT2D eigenvalue weighted by molar-refractivity contribution is 6.30. The lowest BCUT2D eigenvalue weighted by Gasteiger charge is -2.16. The molecule has 5 heteroatoms. The van der Waals surface area contributed by atoms with Gasteiger partial charge in [-0.15, -0.1) is 0 Å².